The molecule has 0 N–H and O–H groups in total. The SMILES string of the molecule is Cc1cc(C)c2ncccc2c1[N+](=O)[O-]. The highest BCUT2D eigenvalue weighted by Gasteiger charge is 2.17. The number of aromatic nitrogens is 1. The summed E-state index contributed by atoms with van der Waals surface area (Å²) in [6, 6.07) is 5.25. The zero-order valence-corrected chi connectivity index (χ0v) is 8.52. The normalized spacial score (nSPS) is 10.5. The van der Waals surface area contributed by atoms with Crippen LogP contribution in [-0.2, 0) is 0 Å². The maximum absolute atomic E-state index is 10.9. The third-order valence-electron chi connectivity index (χ3n) is 2.43. The van der Waals surface area contributed by atoms with Gasteiger partial charge in [-0.25, -0.2) is 0 Å². The van der Waals surface area contributed by atoms with Crippen molar-refractivity contribution < 1.29 is 4.92 Å². The molecular formula is C11H10N2O2. The summed E-state index contributed by atoms with van der Waals surface area (Å²) in [6.07, 6.45) is 1.65. The van der Waals surface area contributed by atoms with Crippen LogP contribution in [0, 0.1) is 24.0 Å². The monoisotopic (exact) mass is 202 g/mol. The number of rotatable bonds is 1. The van der Waals surface area contributed by atoms with Gasteiger partial charge in [0.15, 0.2) is 0 Å². The molecule has 76 valence electrons. The number of nitro groups is 1. The Morgan fingerprint density at radius 2 is 2.07 bits per heavy atom. The predicted molar refractivity (Wildman–Crippen MR) is 57.9 cm³/mol. The first kappa shape index (κ1) is 9.58. The van der Waals surface area contributed by atoms with Gasteiger partial charge in [-0.05, 0) is 37.6 Å². The summed E-state index contributed by atoms with van der Waals surface area (Å²) in [5, 5.41) is 11.5. The molecule has 0 radical (unpaired) electrons. The smallest absolute Gasteiger partial charge is 0.258 e. The first-order valence-electron chi connectivity index (χ1n) is 4.60. The van der Waals surface area contributed by atoms with Crippen LogP contribution in [0.4, 0.5) is 5.69 Å². The van der Waals surface area contributed by atoms with Crippen molar-refractivity contribution in [2.24, 2.45) is 0 Å². The summed E-state index contributed by atoms with van der Waals surface area (Å²) in [4.78, 5) is 14.7. The molecule has 0 amide bonds. The molecular weight excluding hydrogens is 192 g/mol. The number of hydrogen-bond acceptors (Lipinski definition) is 3. The number of nitrogens with zero attached hydrogens (tertiary/aromatic N) is 2. The Morgan fingerprint density at radius 1 is 1.33 bits per heavy atom. The molecule has 0 atom stereocenters. The number of fused-ring (bicyclic) bond motifs is 1. The van der Waals surface area contributed by atoms with E-state index in [0.717, 1.165) is 5.56 Å². The van der Waals surface area contributed by atoms with Crippen LogP contribution >= 0.6 is 0 Å². The Hall–Kier alpha value is -1.97. The Kier molecular flexibility index (Phi) is 2.11. The van der Waals surface area contributed by atoms with Crippen LogP contribution < -0.4 is 0 Å². The third kappa shape index (κ3) is 1.44. The number of benzene rings is 1. The fourth-order valence-corrected chi connectivity index (χ4v) is 1.83. The second-order valence-corrected chi connectivity index (χ2v) is 3.52. The number of aryl methyl sites for hydroxylation is 2. The first-order valence-corrected chi connectivity index (χ1v) is 4.60. The van der Waals surface area contributed by atoms with E-state index >= 15 is 0 Å². The van der Waals surface area contributed by atoms with Crippen molar-refractivity contribution in [3.63, 3.8) is 0 Å². The van der Waals surface area contributed by atoms with Gasteiger partial charge in [0, 0.05) is 11.8 Å². The van der Waals surface area contributed by atoms with Gasteiger partial charge in [-0.3, -0.25) is 15.1 Å². The largest absolute Gasteiger partial charge is 0.281 e. The van der Waals surface area contributed by atoms with Crippen molar-refractivity contribution in [3.8, 4) is 0 Å². The van der Waals surface area contributed by atoms with Crippen LogP contribution in [0.25, 0.3) is 10.9 Å². The number of nitro benzene ring substituents is 1. The zero-order chi connectivity index (χ0) is 11.0. The summed E-state index contributed by atoms with van der Waals surface area (Å²) >= 11 is 0. The van der Waals surface area contributed by atoms with Crippen molar-refractivity contribution >= 4 is 16.6 Å². The van der Waals surface area contributed by atoms with E-state index in [4.69, 9.17) is 0 Å². The molecule has 2 aromatic rings. The zero-order valence-electron chi connectivity index (χ0n) is 8.52. The standard InChI is InChI=1S/C11H10N2O2/c1-7-6-8(2)11(13(14)15)9-4-3-5-12-10(7)9/h3-6H,1-2H3. The lowest BCUT2D eigenvalue weighted by atomic mass is 10.0. The Morgan fingerprint density at radius 3 is 2.73 bits per heavy atom. The van der Waals surface area contributed by atoms with E-state index in [9.17, 15) is 10.1 Å². The maximum atomic E-state index is 10.9. The van der Waals surface area contributed by atoms with E-state index in [0.29, 0.717) is 16.5 Å². The predicted octanol–water partition coefficient (Wildman–Crippen LogP) is 2.76. The molecule has 1 aromatic heterocycles. The van der Waals surface area contributed by atoms with Crippen LogP contribution in [0.3, 0.4) is 0 Å². The highest BCUT2D eigenvalue weighted by Crippen LogP contribution is 2.29. The van der Waals surface area contributed by atoms with E-state index in [2.05, 4.69) is 4.98 Å². The quantitative estimate of drug-likeness (QED) is 0.527. The summed E-state index contributed by atoms with van der Waals surface area (Å²) in [6.45, 7) is 3.66. The molecule has 0 saturated carbocycles. The molecule has 2 rings (SSSR count). The van der Waals surface area contributed by atoms with Gasteiger partial charge in [-0.1, -0.05) is 0 Å². The minimum atomic E-state index is -0.348. The molecule has 4 heteroatoms. The van der Waals surface area contributed by atoms with Crippen LogP contribution in [0.5, 0.6) is 0 Å². The molecule has 1 aromatic carbocycles. The highest BCUT2D eigenvalue weighted by atomic mass is 16.6. The van der Waals surface area contributed by atoms with E-state index < -0.39 is 0 Å². The minimum absolute atomic E-state index is 0.156. The average molecular weight is 202 g/mol. The maximum Gasteiger partial charge on any atom is 0.281 e. The molecule has 0 aliphatic heterocycles. The molecule has 0 bridgehead atoms. The molecule has 0 fully saturated rings. The van der Waals surface area contributed by atoms with Crippen LogP contribution in [0.1, 0.15) is 11.1 Å². The van der Waals surface area contributed by atoms with Gasteiger partial charge in [0.2, 0.25) is 0 Å². The Balaban J connectivity index is 2.96. The Bertz CT molecular complexity index is 550. The molecule has 4 nitrogen and oxygen atoms in total. The fourth-order valence-electron chi connectivity index (χ4n) is 1.83. The minimum Gasteiger partial charge on any atom is -0.258 e. The average Bonchev–Trinajstić information content (AvgIpc) is 2.17. The molecule has 0 spiro atoms. The Labute approximate surface area is 86.7 Å². The van der Waals surface area contributed by atoms with E-state index in [1.54, 1.807) is 31.3 Å². The van der Waals surface area contributed by atoms with Gasteiger partial charge in [0.05, 0.1) is 15.8 Å². The van der Waals surface area contributed by atoms with Crippen molar-refractivity contribution in [2.45, 2.75) is 13.8 Å². The number of pyridine rings is 1. The summed E-state index contributed by atoms with van der Waals surface area (Å²) in [5.74, 6) is 0. The van der Waals surface area contributed by atoms with E-state index in [1.165, 1.54) is 0 Å². The van der Waals surface area contributed by atoms with E-state index in [-0.39, 0.29) is 10.6 Å². The molecule has 15 heavy (non-hydrogen) atoms. The topological polar surface area (TPSA) is 56.0 Å². The molecule has 0 aliphatic rings. The van der Waals surface area contributed by atoms with Crippen molar-refractivity contribution in [1.29, 1.82) is 0 Å². The van der Waals surface area contributed by atoms with Gasteiger partial charge in [-0.15, -0.1) is 0 Å². The third-order valence-corrected chi connectivity index (χ3v) is 2.43. The van der Waals surface area contributed by atoms with Gasteiger partial charge in [0.25, 0.3) is 5.69 Å². The molecule has 0 unspecified atom stereocenters. The van der Waals surface area contributed by atoms with Crippen molar-refractivity contribution in [2.75, 3.05) is 0 Å². The second kappa shape index (κ2) is 3.31. The van der Waals surface area contributed by atoms with Crippen LogP contribution in [-0.4, -0.2) is 9.91 Å². The lowest BCUT2D eigenvalue weighted by Crippen LogP contribution is -1.95. The van der Waals surface area contributed by atoms with Gasteiger partial charge in [0.1, 0.15) is 0 Å². The van der Waals surface area contributed by atoms with Crippen LogP contribution in [0.15, 0.2) is 24.4 Å². The van der Waals surface area contributed by atoms with Gasteiger partial charge >= 0.3 is 0 Å². The van der Waals surface area contributed by atoms with Crippen molar-refractivity contribution in [3.05, 3.63) is 45.6 Å². The highest BCUT2D eigenvalue weighted by molar-refractivity contribution is 5.91. The van der Waals surface area contributed by atoms with Crippen LogP contribution in [0.2, 0.25) is 0 Å². The lowest BCUT2D eigenvalue weighted by molar-refractivity contribution is -0.383. The fraction of sp³-hybridized carbons (Fsp3) is 0.182. The van der Waals surface area contributed by atoms with E-state index in [1.807, 2.05) is 6.92 Å². The lowest BCUT2D eigenvalue weighted by Gasteiger charge is -2.04. The summed E-state index contributed by atoms with van der Waals surface area (Å²) < 4.78 is 0. The second-order valence-electron chi connectivity index (χ2n) is 3.52. The molecule has 0 aliphatic carbocycles. The first-order chi connectivity index (χ1) is 7.11. The molecule has 1 heterocycles. The molecule has 0 saturated heterocycles. The number of hydrogen-bond donors (Lipinski definition) is 0. The van der Waals surface area contributed by atoms with Gasteiger partial charge < -0.3 is 0 Å². The summed E-state index contributed by atoms with van der Waals surface area (Å²) in [7, 11) is 0. The van der Waals surface area contributed by atoms with Crippen molar-refractivity contribution in [1.82, 2.24) is 4.98 Å². The van der Waals surface area contributed by atoms with Gasteiger partial charge in [-0.2, -0.15) is 0 Å². The summed E-state index contributed by atoms with van der Waals surface area (Å²) in [5.41, 5.74) is 2.50.